The molecule has 1 saturated heterocycles. The van der Waals surface area contributed by atoms with Gasteiger partial charge in [-0.05, 0) is 43.3 Å². The van der Waals surface area contributed by atoms with Gasteiger partial charge in [0, 0.05) is 42.1 Å². The molecule has 0 aliphatic carbocycles. The number of carbonyl (C=O) groups excluding carboxylic acids is 1. The molecule has 0 radical (unpaired) electrons. The van der Waals surface area contributed by atoms with Crippen LogP contribution in [-0.4, -0.2) is 55.2 Å². The number of benzene rings is 2. The molecule has 2 N–H and O–H groups in total. The van der Waals surface area contributed by atoms with Crippen LogP contribution in [0.25, 0.3) is 10.9 Å². The van der Waals surface area contributed by atoms with E-state index in [1.165, 1.54) is 0 Å². The third-order valence-corrected chi connectivity index (χ3v) is 5.58. The van der Waals surface area contributed by atoms with Crippen LogP contribution in [0.15, 0.2) is 42.5 Å². The number of likely N-dealkylation sites (N-methyl/N-ethyl adjacent to an activating group) is 1. The van der Waals surface area contributed by atoms with E-state index < -0.39 is 0 Å². The fraction of sp³-hybridized carbons (Fsp3) is 0.318. The van der Waals surface area contributed by atoms with Crippen molar-refractivity contribution >= 4 is 16.7 Å². The molecule has 6 nitrogen and oxygen atoms in total. The Morgan fingerprint density at radius 3 is 2.93 bits per heavy atom. The van der Waals surface area contributed by atoms with Gasteiger partial charge >= 0.3 is 0 Å². The number of rotatable bonds is 4. The first-order chi connectivity index (χ1) is 13.7. The van der Waals surface area contributed by atoms with E-state index in [4.69, 9.17) is 9.47 Å². The number of piperazine rings is 1. The zero-order valence-electron chi connectivity index (χ0n) is 15.8. The van der Waals surface area contributed by atoms with Gasteiger partial charge in [-0.2, -0.15) is 0 Å². The number of fused-ring (bicyclic) bond motifs is 2. The van der Waals surface area contributed by atoms with E-state index in [2.05, 4.69) is 28.3 Å². The number of nitrogens with one attached hydrogen (secondary N) is 2. The molecular formula is C22H23N3O3. The molecule has 0 amide bonds. The molecule has 0 saturated carbocycles. The smallest absolute Gasteiger partial charge is 0.231 e. The molecule has 1 fully saturated rings. The van der Waals surface area contributed by atoms with Gasteiger partial charge in [-0.3, -0.25) is 4.79 Å². The molecule has 2 aliphatic heterocycles. The summed E-state index contributed by atoms with van der Waals surface area (Å²) in [7, 11) is 2.14. The van der Waals surface area contributed by atoms with Gasteiger partial charge in [0.1, 0.15) is 0 Å². The predicted octanol–water partition coefficient (Wildman–Crippen LogP) is 2.57. The lowest BCUT2D eigenvalue weighted by Crippen LogP contribution is -2.50. The largest absolute Gasteiger partial charge is 0.454 e. The first-order valence-corrected chi connectivity index (χ1v) is 9.65. The van der Waals surface area contributed by atoms with Gasteiger partial charge in [-0.25, -0.2) is 0 Å². The summed E-state index contributed by atoms with van der Waals surface area (Å²) in [5, 5.41) is 4.70. The van der Waals surface area contributed by atoms with Crippen molar-refractivity contribution in [3.63, 3.8) is 0 Å². The molecular weight excluding hydrogens is 354 g/mol. The summed E-state index contributed by atoms with van der Waals surface area (Å²) in [6.07, 6.45) is 0.806. The third kappa shape index (κ3) is 3.04. The lowest BCUT2D eigenvalue weighted by Gasteiger charge is -2.31. The maximum absolute atomic E-state index is 13.4. The molecule has 0 spiro atoms. The maximum Gasteiger partial charge on any atom is 0.231 e. The van der Waals surface area contributed by atoms with Gasteiger partial charge in [-0.1, -0.05) is 18.2 Å². The summed E-state index contributed by atoms with van der Waals surface area (Å²) in [6.45, 7) is 3.19. The fourth-order valence-corrected chi connectivity index (χ4v) is 4.16. The normalized spacial score (nSPS) is 19.2. The van der Waals surface area contributed by atoms with Gasteiger partial charge in [0.2, 0.25) is 12.6 Å². The van der Waals surface area contributed by atoms with Crippen LogP contribution in [0, 0.1) is 0 Å². The summed E-state index contributed by atoms with van der Waals surface area (Å²) in [5.74, 6) is 1.29. The first kappa shape index (κ1) is 17.3. The number of H-pyrrole nitrogens is 1. The molecule has 2 aliphatic rings. The van der Waals surface area contributed by atoms with Crippen LogP contribution >= 0.6 is 0 Å². The van der Waals surface area contributed by atoms with Gasteiger partial charge in [0.25, 0.3) is 0 Å². The molecule has 6 heteroatoms. The number of hydrogen-bond donors (Lipinski definition) is 2. The highest BCUT2D eigenvalue weighted by molar-refractivity contribution is 6.12. The Bertz CT molecular complexity index is 1040. The van der Waals surface area contributed by atoms with Crippen LogP contribution in [0.4, 0.5) is 0 Å². The van der Waals surface area contributed by atoms with Gasteiger partial charge in [-0.15, -0.1) is 0 Å². The fourth-order valence-electron chi connectivity index (χ4n) is 4.16. The molecule has 3 aromatic rings. The zero-order valence-corrected chi connectivity index (χ0v) is 15.8. The average molecular weight is 377 g/mol. The number of carbonyl (C=O) groups is 1. The van der Waals surface area contributed by atoms with Crippen molar-refractivity contribution in [2.24, 2.45) is 0 Å². The number of ketones is 1. The van der Waals surface area contributed by atoms with Crippen molar-refractivity contribution in [3.8, 4) is 11.5 Å². The third-order valence-electron chi connectivity index (χ3n) is 5.58. The Balaban J connectivity index is 1.54. The maximum atomic E-state index is 13.4. The van der Waals surface area contributed by atoms with Crippen molar-refractivity contribution in [1.82, 2.24) is 15.2 Å². The van der Waals surface area contributed by atoms with Crippen LogP contribution in [0.3, 0.4) is 0 Å². The van der Waals surface area contributed by atoms with Crippen molar-refractivity contribution < 1.29 is 14.3 Å². The molecule has 2 aromatic carbocycles. The molecule has 3 heterocycles. The average Bonchev–Trinajstić information content (AvgIpc) is 3.32. The number of aromatic amines is 1. The predicted molar refractivity (Wildman–Crippen MR) is 107 cm³/mol. The minimum atomic E-state index is -0.0198. The van der Waals surface area contributed by atoms with Crippen molar-refractivity contribution in [2.75, 3.05) is 33.5 Å². The summed E-state index contributed by atoms with van der Waals surface area (Å²) >= 11 is 0. The Labute approximate surface area is 163 Å². The van der Waals surface area contributed by atoms with E-state index in [0.717, 1.165) is 42.5 Å². The number of nitrogens with zero attached hydrogens (tertiary/aromatic N) is 1. The molecule has 0 bridgehead atoms. The van der Waals surface area contributed by atoms with E-state index in [-0.39, 0.29) is 12.6 Å². The second-order valence-corrected chi connectivity index (χ2v) is 7.54. The van der Waals surface area contributed by atoms with Crippen LogP contribution < -0.4 is 14.8 Å². The van der Waals surface area contributed by atoms with E-state index in [9.17, 15) is 4.79 Å². The Morgan fingerprint density at radius 1 is 1.18 bits per heavy atom. The first-order valence-electron chi connectivity index (χ1n) is 9.65. The summed E-state index contributed by atoms with van der Waals surface area (Å²) in [4.78, 5) is 19.1. The minimum Gasteiger partial charge on any atom is -0.454 e. The number of para-hydroxylation sites is 1. The highest BCUT2D eigenvalue weighted by Crippen LogP contribution is 2.34. The Morgan fingerprint density at radius 2 is 2.04 bits per heavy atom. The molecule has 1 aromatic heterocycles. The SMILES string of the molecule is CN1CCN[C@H](Cc2c(C(=O)c3ccc4c(c3)OCO4)[nH]c3ccccc23)C1. The van der Waals surface area contributed by atoms with Crippen molar-refractivity contribution in [1.29, 1.82) is 0 Å². The van der Waals surface area contributed by atoms with Crippen LogP contribution in [-0.2, 0) is 6.42 Å². The second kappa shape index (κ2) is 6.96. The number of hydrogen-bond acceptors (Lipinski definition) is 5. The quantitative estimate of drug-likeness (QED) is 0.684. The molecule has 0 unspecified atom stereocenters. The molecule has 1 atom stereocenters. The summed E-state index contributed by atoms with van der Waals surface area (Å²) < 4.78 is 10.8. The topological polar surface area (TPSA) is 66.6 Å². The summed E-state index contributed by atoms with van der Waals surface area (Å²) in [6, 6.07) is 13.8. The van der Waals surface area contributed by atoms with Gasteiger partial charge in [0.05, 0.1) is 5.69 Å². The monoisotopic (exact) mass is 377 g/mol. The molecule has 28 heavy (non-hydrogen) atoms. The highest BCUT2D eigenvalue weighted by Gasteiger charge is 2.25. The van der Waals surface area contributed by atoms with Gasteiger partial charge < -0.3 is 24.7 Å². The van der Waals surface area contributed by atoms with E-state index >= 15 is 0 Å². The molecule has 144 valence electrons. The lowest BCUT2D eigenvalue weighted by atomic mass is 9.97. The Hall–Kier alpha value is -2.83. The lowest BCUT2D eigenvalue weighted by molar-refractivity contribution is 0.103. The summed E-state index contributed by atoms with van der Waals surface area (Å²) in [5.41, 5.74) is 3.33. The van der Waals surface area contributed by atoms with Crippen LogP contribution in [0.1, 0.15) is 21.6 Å². The Kier molecular flexibility index (Phi) is 4.30. The zero-order chi connectivity index (χ0) is 19.1. The highest BCUT2D eigenvalue weighted by atomic mass is 16.7. The van der Waals surface area contributed by atoms with E-state index in [1.54, 1.807) is 18.2 Å². The van der Waals surface area contributed by atoms with E-state index in [1.807, 2.05) is 18.2 Å². The molecule has 5 rings (SSSR count). The van der Waals surface area contributed by atoms with Crippen molar-refractivity contribution in [3.05, 3.63) is 59.3 Å². The van der Waals surface area contributed by atoms with Crippen molar-refractivity contribution in [2.45, 2.75) is 12.5 Å². The number of ether oxygens (including phenoxy) is 2. The van der Waals surface area contributed by atoms with Crippen LogP contribution in [0.5, 0.6) is 11.5 Å². The number of aromatic nitrogens is 1. The standard InChI is InChI=1S/C22H23N3O3/c1-25-9-8-23-15(12-25)11-17-16-4-2-3-5-18(16)24-21(17)22(26)14-6-7-19-20(10-14)28-13-27-19/h2-7,10,15,23-24H,8-9,11-13H2,1H3/t15-/m1/s1. The second-order valence-electron chi connectivity index (χ2n) is 7.54. The minimum absolute atomic E-state index is 0.0198. The van der Waals surface area contributed by atoms with Gasteiger partial charge in [0.15, 0.2) is 11.5 Å². The van der Waals surface area contributed by atoms with Crippen LogP contribution in [0.2, 0.25) is 0 Å². The van der Waals surface area contributed by atoms with E-state index in [0.29, 0.717) is 28.8 Å².